The summed E-state index contributed by atoms with van der Waals surface area (Å²) in [5.74, 6) is -13.2. The zero-order valence-electron chi connectivity index (χ0n) is 9.29. The highest BCUT2D eigenvalue weighted by Crippen LogP contribution is 2.33. The molecule has 0 aliphatic heterocycles. The maximum absolute atomic E-state index is 13.3. The van der Waals surface area contributed by atoms with E-state index in [1.165, 1.54) is 0 Å². The van der Waals surface area contributed by atoms with Gasteiger partial charge in [0.25, 0.3) is 0 Å². The van der Waals surface area contributed by atoms with Gasteiger partial charge < -0.3 is 4.74 Å². The molecule has 0 saturated heterocycles. The second-order valence-corrected chi connectivity index (χ2v) is 4.43. The standard InChI is InChI=1S/C12H3BrF6O/c13-5-3-4(1-2-6(5)14)20-12-10(18)8(16)7(15)9(17)11(12)19/h1-3H. The molecule has 0 bridgehead atoms. The maximum Gasteiger partial charge on any atom is 0.207 e. The second-order valence-electron chi connectivity index (χ2n) is 3.58. The van der Waals surface area contributed by atoms with Gasteiger partial charge in [0.15, 0.2) is 0 Å². The Bertz CT molecular complexity index is 659. The van der Waals surface area contributed by atoms with Crippen LogP contribution < -0.4 is 4.74 Å². The molecule has 0 aromatic heterocycles. The van der Waals surface area contributed by atoms with Crippen molar-refractivity contribution >= 4 is 15.9 Å². The SMILES string of the molecule is Fc1ccc(Oc2c(F)c(F)c(F)c(F)c2F)cc1Br. The summed E-state index contributed by atoms with van der Waals surface area (Å²) in [5, 5.41) is 0. The molecule has 2 aromatic carbocycles. The predicted molar refractivity (Wildman–Crippen MR) is 60.4 cm³/mol. The van der Waals surface area contributed by atoms with Crippen LogP contribution in [0.4, 0.5) is 26.3 Å². The largest absolute Gasteiger partial charge is 0.451 e. The Morgan fingerprint density at radius 2 is 1.25 bits per heavy atom. The third-order valence-corrected chi connectivity index (χ3v) is 2.89. The molecule has 2 aromatic rings. The Kier molecular flexibility index (Phi) is 3.94. The fourth-order valence-electron chi connectivity index (χ4n) is 1.33. The van der Waals surface area contributed by atoms with Crippen molar-refractivity contribution in [1.82, 2.24) is 0 Å². The summed E-state index contributed by atoms with van der Waals surface area (Å²) in [5.41, 5.74) is 0. The topological polar surface area (TPSA) is 9.23 Å². The van der Waals surface area contributed by atoms with E-state index in [1.807, 2.05) is 0 Å². The first-order chi connectivity index (χ1) is 9.32. The van der Waals surface area contributed by atoms with Gasteiger partial charge in [0, 0.05) is 0 Å². The zero-order chi connectivity index (χ0) is 15.0. The highest BCUT2D eigenvalue weighted by molar-refractivity contribution is 9.10. The molecule has 0 radical (unpaired) electrons. The van der Waals surface area contributed by atoms with Crippen LogP contribution in [0, 0.1) is 34.9 Å². The average Bonchev–Trinajstić information content (AvgIpc) is 2.43. The van der Waals surface area contributed by atoms with Gasteiger partial charge in [0.05, 0.1) is 4.47 Å². The number of rotatable bonds is 2. The van der Waals surface area contributed by atoms with Crippen LogP contribution in [0.25, 0.3) is 0 Å². The molecule has 106 valence electrons. The Labute approximate surface area is 116 Å². The molecule has 0 N–H and O–H groups in total. The number of benzene rings is 2. The van der Waals surface area contributed by atoms with Crippen molar-refractivity contribution in [3.8, 4) is 11.5 Å². The molecular formula is C12H3BrF6O. The number of hydrogen-bond donors (Lipinski definition) is 0. The molecule has 0 amide bonds. The van der Waals surface area contributed by atoms with Crippen LogP contribution >= 0.6 is 15.9 Å². The quantitative estimate of drug-likeness (QED) is 0.414. The molecule has 0 heterocycles. The first-order valence-electron chi connectivity index (χ1n) is 4.97. The van der Waals surface area contributed by atoms with E-state index >= 15 is 0 Å². The molecule has 8 heteroatoms. The minimum Gasteiger partial charge on any atom is -0.451 e. The zero-order valence-corrected chi connectivity index (χ0v) is 10.9. The monoisotopic (exact) mass is 356 g/mol. The first kappa shape index (κ1) is 14.7. The van der Waals surface area contributed by atoms with Gasteiger partial charge in [0.2, 0.25) is 34.8 Å². The predicted octanol–water partition coefficient (Wildman–Crippen LogP) is 5.08. The van der Waals surface area contributed by atoms with E-state index in [2.05, 4.69) is 20.7 Å². The Morgan fingerprint density at radius 1 is 0.750 bits per heavy atom. The van der Waals surface area contributed by atoms with Gasteiger partial charge in [-0.25, -0.2) is 17.6 Å². The second kappa shape index (κ2) is 5.35. The van der Waals surface area contributed by atoms with Crippen LogP contribution in [0.2, 0.25) is 0 Å². The Hall–Kier alpha value is -1.70. The number of halogens is 7. The fraction of sp³-hybridized carbons (Fsp3) is 0. The van der Waals surface area contributed by atoms with Gasteiger partial charge >= 0.3 is 0 Å². The van der Waals surface area contributed by atoms with Gasteiger partial charge in [-0.05, 0) is 34.1 Å². The van der Waals surface area contributed by atoms with Gasteiger partial charge in [-0.2, -0.15) is 8.78 Å². The van der Waals surface area contributed by atoms with Crippen molar-refractivity contribution in [3.63, 3.8) is 0 Å². The number of hydrogen-bond acceptors (Lipinski definition) is 1. The molecule has 1 nitrogen and oxygen atoms in total. The highest BCUT2D eigenvalue weighted by atomic mass is 79.9. The number of ether oxygens (including phenoxy) is 1. The van der Waals surface area contributed by atoms with Crippen LogP contribution in [0.3, 0.4) is 0 Å². The Balaban J connectivity index is 2.51. The van der Waals surface area contributed by atoms with Gasteiger partial charge in [-0.15, -0.1) is 0 Å². The minimum absolute atomic E-state index is 0.0983. The average molecular weight is 357 g/mol. The third-order valence-electron chi connectivity index (χ3n) is 2.28. The van der Waals surface area contributed by atoms with E-state index in [0.29, 0.717) is 0 Å². The molecule has 0 atom stereocenters. The van der Waals surface area contributed by atoms with Crippen LogP contribution in [0.5, 0.6) is 11.5 Å². The molecule has 0 unspecified atom stereocenters. The summed E-state index contributed by atoms with van der Waals surface area (Å²) in [6, 6.07) is 2.84. The molecule has 0 aliphatic rings. The molecule has 0 aliphatic carbocycles. The van der Waals surface area contributed by atoms with Crippen LogP contribution in [-0.4, -0.2) is 0 Å². The van der Waals surface area contributed by atoms with E-state index in [9.17, 15) is 26.3 Å². The normalized spacial score (nSPS) is 10.8. The lowest BCUT2D eigenvalue weighted by atomic mass is 10.2. The summed E-state index contributed by atoms with van der Waals surface area (Å²) in [4.78, 5) is 0. The van der Waals surface area contributed by atoms with Crippen molar-refractivity contribution in [2.75, 3.05) is 0 Å². The third kappa shape index (κ3) is 2.47. The summed E-state index contributed by atoms with van der Waals surface area (Å²) < 4.78 is 82.8. The molecule has 0 fully saturated rings. The van der Waals surface area contributed by atoms with Crippen molar-refractivity contribution in [1.29, 1.82) is 0 Å². The van der Waals surface area contributed by atoms with E-state index in [1.54, 1.807) is 0 Å². The van der Waals surface area contributed by atoms with Crippen molar-refractivity contribution < 1.29 is 31.1 Å². The maximum atomic E-state index is 13.3. The highest BCUT2D eigenvalue weighted by Gasteiger charge is 2.27. The van der Waals surface area contributed by atoms with Gasteiger partial charge in [-0.3, -0.25) is 0 Å². The lowest BCUT2D eigenvalue weighted by Gasteiger charge is -2.10. The van der Waals surface area contributed by atoms with E-state index in [0.717, 1.165) is 18.2 Å². The Morgan fingerprint density at radius 3 is 1.75 bits per heavy atom. The molecule has 2 rings (SSSR count). The fourth-order valence-corrected chi connectivity index (χ4v) is 1.69. The molecular weight excluding hydrogens is 354 g/mol. The van der Waals surface area contributed by atoms with Crippen molar-refractivity contribution in [2.24, 2.45) is 0 Å². The van der Waals surface area contributed by atoms with E-state index < -0.39 is 40.7 Å². The molecule has 20 heavy (non-hydrogen) atoms. The lowest BCUT2D eigenvalue weighted by molar-refractivity contribution is 0.332. The van der Waals surface area contributed by atoms with Crippen LogP contribution in [-0.2, 0) is 0 Å². The van der Waals surface area contributed by atoms with Crippen LogP contribution in [0.1, 0.15) is 0 Å². The summed E-state index contributed by atoms with van der Waals surface area (Å²) in [7, 11) is 0. The van der Waals surface area contributed by atoms with E-state index in [-0.39, 0.29) is 10.2 Å². The van der Waals surface area contributed by atoms with Gasteiger partial charge in [0.1, 0.15) is 11.6 Å². The first-order valence-corrected chi connectivity index (χ1v) is 5.76. The summed E-state index contributed by atoms with van der Waals surface area (Å²) in [6.07, 6.45) is 0. The van der Waals surface area contributed by atoms with Gasteiger partial charge in [-0.1, -0.05) is 0 Å². The van der Waals surface area contributed by atoms with Crippen molar-refractivity contribution in [2.45, 2.75) is 0 Å². The van der Waals surface area contributed by atoms with Crippen LogP contribution in [0.15, 0.2) is 22.7 Å². The summed E-state index contributed by atoms with van der Waals surface area (Å²) >= 11 is 2.79. The van der Waals surface area contributed by atoms with E-state index in [4.69, 9.17) is 0 Å². The summed E-state index contributed by atoms with van der Waals surface area (Å²) in [6.45, 7) is 0. The smallest absolute Gasteiger partial charge is 0.207 e. The minimum atomic E-state index is -2.28. The van der Waals surface area contributed by atoms with Crippen molar-refractivity contribution in [3.05, 3.63) is 57.6 Å². The lowest BCUT2D eigenvalue weighted by Crippen LogP contribution is -2.04. The molecule has 0 saturated carbocycles. The molecule has 0 spiro atoms.